The molecule has 0 aliphatic carbocycles. The van der Waals surface area contributed by atoms with Gasteiger partial charge in [0.1, 0.15) is 4.60 Å². The molecular weight excluding hydrogens is 330 g/mol. The maximum atomic E-state index is 12.2. The van der Waals surface area contributed by atoms with Gasteiger partial charge in [0.05, 0.1) is 17.3 Å². The molecule has 1 heterocycles. The second-order valence-corrected chi connectivity index (χ2v) is 6.57. The normalized spacial score (nSPS) is 11.3. The Balaban J connectivity index is 2.32. The van der Waals surface area contributed by atoms with Crippen LogP contribution < -0.4 is 4.72 Å². The Morgan fingerprint density at radius 1 is 1.11 bits per heavy atom. The highest BCUT2D eigenvalue weighted by Crippen LogP contribution is 2.17. The molecule has 1 aromatic carbocycles. The van der Waals surface area contributed by atoms with E-state index in [1.54, 1.807) is 18.2 Å². The van der Waals surface area contributed by atoms with Crippen molar-refractivity contribution in [1.29, 1.82) is 0 Å². The number of sulfonamides is 1. The van der Waals surface area contributed by atoms with Crippen LogP contribution >= 0.6 is 15.9 Å². The predicted molar refractivity (Wildman–Crippen MR) is 76.5 cm³/mol. The standard InChI is InChI=1S/C12H12BrN3O2S/c1-8-3-4-10(5-9(8)2)19(17,18)16-12-7-14-11(13)6-15-12/h3-7H,1-2H3,(H,15,16). The third-order valence-corrected chi connectivity index (χ3v) is 4.41. The summed E-state index contributed by atoms with van der Waals surface area (Å²) < 4.78 is 27.2. The van der Waals surface area contributed by atoms with E-state index in [1.165, 1.54) is 12.4 Å². The fourth-order valence-electron chi connectivity index (χ4n) is 1.44. The summed E-state index contributed by atoms with van der Waals surface area (Å²) in [4.78, 5) is 8.05. The van der Waals surface area contributed by atoms with Crippen LogP contribution in [0.5, 0.6) is 0 Å². The van der Waals surface area contributed by atoms with Crippen LogP contribution in [0.15, 0.2) is 40.1 Å². The first kappa shape index (κ1) is 14.0. The van der Waals surface area contributed by atoms with Crippen molar-refractivity contribution in [2.45, 2.75) is 18.7 Å². The summed E-state index contributed by atoms with van der Waals surface area (Å²) in [5, 5.41) is 0. The van der Waals surface area contributed by atoms with Gasteiger partial charge in [0.15, 0.2) is 5.82 Å². The summed E-state index contributed by atoms with van der Waals surface area (Å²) in [6.45, 7) is 3.80. The Kier molecular flexibility index (Phi) is 3.86. The minimum absolute atomic E-state index is 0.182. The van der Waals surface area contributed by atoms with E-state index in [4.69, 9.17) is 0 Å². The maximum Gasteiger partial charge on any atom is 0.263 e. The lowest BCUT2D eigenvalue weighted by Crippen LogP contribution is -2.14. The van der Waals surface area contributed by atoms with Gasteiger partial charge in [0, 0.05) is 0 Å². The first-order chi connectivity index (χ1) is 8.88. The molecule has 1 N–H and O–H groups in total. The lowest BCUT2D eigenvalue weighted by Gasteiger charge is -2.08. The zero-order valence-electron chi connectivity index (χ0n) is 10.4. The monoisotopic (exact) mass is 341 g/mol. The highest BCUT2D eigenvalue weighted by Gasteiger charge is 2.15. The highest BCUT2D eigenvalue weighted by atomic mass is 79.9. The molecule has 0 bridgehead atoms. The van der Waals surface area contributed by atoms with Gasteiger partial charge in [-0.15, -0.1) is 0 Å². The van der Waals surface area contributed by atoms with Gasteiger partial charge in [-0.1, -0.05) is 6.07 Å². The van der Waals surface area contributed by atoms with Gasteiger partial charge in [-0.25, -0.2) is 18.4 Å². The minimum Gasteiger partial charge on any atom is -0.262 e. The number of nitrogens with zero attached hydrogens (tertiary/aromatic N) is 2. The van der Waals surface area contributed by atoms with Crippen LogP contribution in [0.1, 0.15) is 11.1 Å². The molecule has 1 aromatic heterocycles. The molecule has 5 nitrogen and oxygen atoms in total. The third kappa shape index (κ3) is 3.30. The van der Waals surface area contributed by atoms with E-state index in [0.717, 1.165) is 11.1 Å². The van der Waals surface area contributed by atoms with Crippen molar-refractivity contribution in [3.8, 4) is 0 Å². The third-order valence-electron chi connectivity index (χ3n) is 2.65. The average Bonchev–Trinajstić information content (AvgIpc) is 2.35. The second-order valence-electron chi connectivity index (χ2n) is 4.08. The smallest absolute Gasteiger partial charge is 0.262 e. The molecule has 0 unspecified atom stereocenters. The summed E-state index contributed by atoms with van der Waals surface area (Å²) >= 11 is 3.14. The number of benzene rings is 1. The molecule has 7 heteroatoms. The van der Waals surface area contributed by atoms with E-state index in [1.807, 2.05) is 13.8 Å². The van der Waals surface area contributed by atoms with Gasteiger partial charge < -0.3 is 0 Å². The van der Waals surface area contributed by atoms with E-state index in [-0.39, 0.29) is 10.7 Å². The van der Waals surface area contributed by atoms with Crippen molar-refractivity contribution in [2.75, 3.05) is 4.72 Å². The van der Waals surface area contributed by atoms with Gasteiger partial charge in [-0.05, 0) is 53.0 Å². The van der Waals surface area contributed by atoms with Gasteiger partial charge in [0.25, 0.3) is 10.0 Å². The molecule has 0 spiro atoms. The van der Waals surface area contributed by atoms with E-state index in [9.17, 15) is 8.42 Å². The van der Waals surface area contributed by atoms with E-state index in [2.05, 4.69) is 30.6 Å². The Bertz CT molecular complexity index is 699. The molecule has 2 aromatic rings. The molecule has 0 amide bonds. The van der Waals surface area contributed by atoms with Crippen molar-refractivity contribution < 1.29 is 8.42 Å². The SMILES string of the molecule is Cc1ccc(S(=O)(=O)Nc2cnc(Br)cn2)cc1C. The Hall–Kier alpha value is -1.47. The molecule has 0 saturated carbocycles. The maximum absolute atomic E-state index is 12.2. The fourth-order valence-corrected chi connectivity index (χ4v) is 2.73. The molecule has 100 valence electrons. The van der Waals surface area contributed by atoms with Crippen LogP contribution in [0, 0.1) is 13.8 Å². The Morgan fingerprint density at radius 3 is 2.42 bits per heavy atom. The van der Waals surface area contributed by atoms with Crippen molar-refractivity contribution in [3.05, 3.63) is 46.3 Å². The largest absolute Gasteiger partial charge is 0.263 e. The number of nitrogens with one attached hydrogen (secondary N) is 1. The van der Waals surface area contributed by atoms with Crippen LogP contribution in [0.4, 0.5) is 5.82 Å². The first-order valence-corrected chi connectivity index (χ1v) is 7.74. The summed E-state index contributed by atoms with van der Waals surface area (Å²) in [7, 11) is -3.63. The zero-order valence-corrected chi connectivity index (χ0v) is 12.8. The van der Waals surface area contributed by atoms with Crippen LogP contribution in [-0.2, 0) is 10.0 Å². The molecule has 0 fully saturated rings. The second kappa shape index (κ2) is 5.26. The quantitative estimate of drug-likeness (QED) is 0.931. The molecule has 0 aliphatic rings. The topological polar surface area (TPSA) is 72.0 Å². The van der Waals surface area contributed by atoms with Crippen LogP contribution in [0.2, 0.25) is 0 Å². The molecular formula is C12H12BrN3O2S. The van der Waals surface area contributed by atoms with Crippen molar-refractivity contribution in [1.82, 2.24) is 9.97 Å². The van der Waals surface area contributed by atoms with Crippen molar-refractivity contribution >= 4 is 31.8 Å². The van der Waals surface area contributed by atoms with Crippen LogP contribution in [0.25, 0.3) is 0 Å². The van der Waals surface area contributed by atoms with Gasteiger partial charge in [-0.2, -0.15) is 0 Å². The van der Waals surface area contributed by atoms with E-state index >= 15 is 0 Å². The highest BCUT2D eigenvalue weighted by molar-refractivity contribution is 9.10. The van der Waals surface area contributed by atoms with Crippen molar-refractivity contribution in [2.24, 2.45) is 0 Å². The number of hydrogen-bond acceptors (Lipinski definition) is 4. The molecule has 0 aliphatic heterocycles. The molecule has 0 atom stereocenters. The average molecular weight is 342 g/mol. The van der Waals surface area contributed by atoms with Gasteiger partial charge >= 0.3 is 0 Å². The molecule has 0 radical (unpaired) electrons. The van der Waals surface area contributed by atoms with E-state index in [0.29, 0.717) is 4.60 Å². The van der Waals surface area contributed by atoms with Gasteiger partial charge in [0.2, 0.25) is 0 Å². The number of rotatable bonds is 3. The van der Waals surface area contributed by atoms with E-state index < -0.39 is 10.0 Å². The summed E-state index contributed by atoms with van der Waals surface area (Å²) in [5.41, 5.74) is 1.96. The van der Waals surface area contributed by atoms with Crippen LogP contribution in [0.3, 0.4) is 0 Å². The summed E-state index contributed by atoms with van der Waals surface area (Å²) in [6.07, 6.45) is 2.78. The summed E-state index contributed by atoms with van der Waals surface area (Å²) in [5.74, 6) is 0.182. The zero-order chi connectivity index (χ0) is 14.0. The molecule has 19 heavy (non-hydrogen) atoms. The Labute approximate surface area is 120 Å². The van der Waals surface area contributed by atoms with Gasteiger partial charge in [-0.3, -0.25) is 4.72 Å². The first-order valence-electron chi connectivity index (χ1n) is 5.46. The number of aryl methyl sites for hydroxylation is 2. The number of anilines is 1. The lowest BCUT2D eigenvalue weighted by molar-refractivity contribution is 0.601. The summed E-state index contributed by atoms with van der Waals surface area (Å²) in [6, 6.07) is 4.97. The number of hydrogen-bond donors (Lipinski definition) is 1. The number of halogens is 1. The fraction of sp³-hybridized carbons (Fsp3) is 0.167. The number of aromatic nitrogens is 2. The lowest BCUT2D eigenvalue weighted by atomic mass is 10.1. The predicted octanol–water partition coefficient (Wildman–Crippen LogP) is 2.66. The van der Waals surface area contributed by atoms with Crippen molar-refractivity contribution in [3.63, 3.8) is 0 Å². The van der Waals surface area contributed by atoms with Crippen LogP contribution in [-0.4, -0.2) is 18.4 Å². The molecule has 0 saturated heterocycles. The molecule has 2 rings (SSSR count). The minimum atomic E-state index is -3.63. The Morgan fingerprint density at radius 2 is 1.84 bits per heavy atom.